The van der Waals surface area contributed by atoms with E-state index in [1.807, 2.05) is 32.0 Å². The van der Waals surface area contributed by atoms with Gasteiger partial charge >= 0.3 is 0 Å². The van der Waals surface area contributed by atoms with Crippen molar-refractivity contribution in [2.45, 2.75) is 26.4 Å². The van der Waals surface area contributed by atoms with Gasteiger partial charge in [0.1, 0.15) is 0 Å². The highest BCUT2D eigenvalue weighted by Gasteiger charge is 2.17. The van der Waals surface area contributed by atoms with Gasteiger partial charge in [-0.15, -0.1) is 0 Å². The summed E-state index contributed by atoms with van der Waals surface area (Å²) in [6.07, 6.45) is 2.09. The maximum atomic E-state index is 12.1. The monoisotopic (exact) mass is 302 g/mol. The Morgan fingerprint density at radius 2 is 2.05 bits per heavy atom. The number of hydrogen-bond donors (Lipinski definition) is 2. The van der Waals surface area contributed by atoms with Gasteiger partial charge in [-0.3, -0.25) is 4.79 Å². The van der Waals surface area contributed by atoms with Gasteiger partial charge in [-0.25, -0.2) is 0 Å². The number of anilines is 1. The molecule has 2 aromatic rings. The number of rotatable bonds is 6. The fourth-order valence-corrected chi connectivity index (χ4v) is 2.26. The van der Waals surface area contributed by atoms with Crippen molar-refractivity contribution < 1.29 is 4.79 Å². The van der Waals surface area contributed by atoms with Crippen LogP contribution in [-0.4, -0.2) is 42.1 Å². The van der Waals surface area contributed by atoms with Crippen molar-refractivity contribution in [1.82, 2.24) is 9.47 Å². The Morgan fingerprint density at radius 3 is 2.68 bits per heavy atom. The van der Waals surface area contributed by atoms with Crippen molar-refractivity contribution in [1.29, 1.82) is 0 Å². The van der Waals surface area contributed by atoms with Crippen LogP contribution in [0.5, 0.6) is 0 Å². The van der Waals surface area contributed by atoms with Gasteiger partial charge in [-0.2, -0.15) is 0 Å². The molecule has 0 saturated heterocycles. The predicted octanol–water partition coefficient (Wildman–Crippen LogP) is 2.12. The van der Waals surface area contributed by atoms with Crippen molar-refractivity contribution >= 4 is 22.5 Å². The Kier molecular flexibility index (Phi) is 5.21. The molecule has 0 saturated carbocycles. The normalized spacial score (nSPS) is 14.3. The number of nitrogens with two attached hydrogens (primary N) is 1. The van der Waals surface area contributed by atoms with Gasteiger partial charge < -0.3 is 20.5 Å². The van der Waals surface area contributed by atoms with Gasteiger partial charge in [0.25, 0.3) is 0 Å². The van der Waals surface area contributed by atoms with Gasteiger partial charge in [0.05, 0.1) is 11.4 Å². The molecule has 1 amide bonds. The van der Waals surface area contributed by atoms with Crippen molar-refractivity contribution in [3.63, 3.8) is 0 Å². The first-order valence-electron chi connectivity index (χ1n) is 7.68. The Bertz CT molecular complexity index is 645. The maximum absolute atomic E-state index is 12.1. The van der Waals surface area contributed by atoms with Crippen LogP contribution in [0.3, 0.4) is 0 Å². The van der Waals surface area contributed by atoms with Crippen LogP contribution in [0.25, 0.3) is 10.9 Å². The van der Waals surface area contributed by atoms with Gasteiger partial charge in [-0.1, -0.05) is 13.0 Å². The minimum absolute atomic E-state index is 0.0410. The number of nitrogens with one attached hydrogen (secondary N) is 1. The van der Waals surface area contributed by atoms with Crippen molar-refractivity contribution in [2.75, 3.05) is 26.0 Å². The molecule has 0 spiro atoms. The first-order valence-corrected chi connectivity index (χ1v) is 7.68. The third-order valence-corrected chi connectivity index (χ3v) is 4.03. The summed E-state index contributed by atoms with van der Waals surface area (Å²) in [6.45, 7) is 5.59. The van der Waals surface area contributed by atoms with Crippen LogP contribution in [0.15, 0.2) is 30.5 Å². The van der Waals surface area contributed by atoms with E-state index in [-0.39, 0.29) is 17.9 Å². The maximum Gasteiger partial charge on any atom is 0.228 e. The van der Waals surface area contributed by atoms with Crippen LogP contribution in [0.2, 0.25) is 0 Å². The van der Waals surface area contributed by atoms with E-state index < -0.39 is 0 Å². The highest BCUT2D eigenvalue weighted by Crippen LogP contribution is 2.21. The second kappa shape index (κ2) is 6.94. The number of fused-ring (bicyclic) bond motifs is 1. The number of amides is 1. The van der Waals surface area contributed by atoms with Crippen LogP contribution in [0.1, 0.15) is 13.8 Å². The Labute approximate surface area is 132 Å². The molecule has 1 heterocycles. The quantitative estimate of drug-likeness (QED) is 0.859. The molecule has 0 fully saturated rings. The van der Waals surface area contributed by atoms with Crippen LogP contribution in [0.4, 0.5) is 5.69 Å². The van der Waals surface area contributed by atoms with E-state index in [1.165, 1.54) is 5.39 Å². The molecule has 22 heavy (non-hydrogen) atoms. The van der Waals surface area contributed by atoms with Crippen molar-refractivity contribution in [2.24, 2.45) is 11.7 Å². The fourth-order valence-electron chi connectivity index (χ4n) is 2.26. The molecule has 5 nitrogen and oxygen atoms in total. The molecule has 1 aromatic heterocycles. The third-order valence-electron chi connectivity index (χ3n) is 4.03. The van der Waals surface area contributed by atoms with Gasteiger partial charge in [0, 0.05) is 31.0 Å². The molecule has 0 aliphatic rings. The van der Waals surface area contributed by atoms with Crippen LogP contribution < -0.4 is 11.1 Å². The van der Waals surface area contributed by atoms with Crippen LogP contribution in [0, 0.1) is 5.92 Å². The van der Waals surface area contributed by atoms with Crippen LogP contribution in [-0.2, 0) is 11.3 Å². The number of carbonyl (C=O) groups excluding carboxylic acids is 1. The zero-order valence-electron chi connectivity index (χ0n) is 13.8. The SMILES string of the molecule is CC(N)C(C)C(=O)Nc1ccc2ccn(CCN(C)C)c2c1. The first kappa shape index (κ1) is 16.5. The van der Waals surface area contributed by atoms with Gasteiger partial charge in [0.15, 0.2) is 0 Å². The second-order valence-electron chi connectivity index (χ2n) is 6.22. The lowest BCUT2D eigenvalue weighted by Gasteiger charge is -2.16. The van der Waals surface area contributed by atoms with E-state index in [9.17, 15) is 4.79 Å². The Hall–Kier alpha value is -1.85. The molecule has 2 unspecified atom stereocenters. The summed E-state index contributed by atoms with van der Waals surface area (Å²) in [5, 5.41) is 4.13. The number of nitrogens with zero attached hydrogens (tertiary/aromatic N) is 2. The lowest BCUT2D eigenvalue weighted by Crippen LogP contribution is -2.34. The van der Waals surface area contributed by atoms with E-state index in [0.717, 1.165) is 24.3 Å². The third kappa shape index (κ3) is 3.87. The molecule has 1 aromatic carbocycles. The highest BCUT2D eigenvalue weighted by atomic mass is 16.1. The zero-order valence-corrected chi connectivity index (χ0v) is 13.8. The highest BCUT2D eigenvalue weighted by molar-refractivity contribution is 5.95. The molecule has 0 bridgehead atoms. The van der Waals surface area contributed by atoms with E-state index in [4.69, 9.17) is 5.73 Å². The lowest BCUT2D eigenvalue weighted by molar-refractivity contribution is -0.119. The summed E-state index contributed by atoms with van der Waals surface area (Å²) in [5.41, 5.74) is 7.73. The summed E-state index contributed by atoms with van der Waals surface area (Å²) in [5.74, 6) is -0.253. The van der Waals surface area contributed by atoms with Gasteiger partial charge in [-0.05, 0) is 44.6 Å². The molecule has 2 rings (SSSR count). The van der Waals surface area contributed by atoms with E-state index >= 15 is 0 Å². The minimum Gasteiger partial charge on any atom is -0.346 e. The Balaban J connectivity index is 2.18. The average Bonchev–Trinajstić information content (AvgIpc) is 2.86. The molecule has 3 N–H and O–H groups in total. The Morgan fingerprint density at radius 1 is 1.32 bits per heavy atom. The minimum atomic E-state index is -0.212. The van der Waals surface area contributed by atoms with Crippen molar-refractivity contribution in [3.8, 4) is 0 Å². The average molecular weight is 302 g/mol. The summed E-state index contributed by atoms with van der Waals surface area (Å²) < 4.78 is 2.21. The van der Waals surface area contributed by atoms with E-state index in [2.05, 4.69) is 41.1 Å². The molecule has 120 valence electrons. The van der Waals surface area contributed by atoms with Crippen LogP contribution >= 0.6 is 0 Å². The second-order valence-corrected chi connectivity index (χ2v) is 6.22. The number of benzene rings is 1. The van der Waals surface area contributed by atoms with Crippen molar-refractivity contribution in [3.05, 3.63) is 30.5 Å². The summed E-state index contributed by atoms with van der Waals surface area (Å²) in [6, 6.07) is 7.93. The molecular weight excluding hydrogens is 276 g/mol. The first-order chi connectivity index (χ1) is 10.4. The molecule has 0 aliphatic carbocycles. The molecule has 0 aliphatic heterocycles. The van der Waals surface area contributed by atoms with E-state index in [0.29, 0.717) is 0 Å². The fraction of sp³-hybridized carbons (Fsp3) is 0.471. The lowest BCUT2D eigenvalue weighted by atomic mass is 10.0. The molecule has 5 heteroatoms. The molecular formula is C17H26N4O. The number of likely N-dealkylation sites (N-methyl/N-ethyl adjacent to an activating group) is 1. The topological polar surface area (TPSA) is 63.3 Å². The number of carbonyl (C=O) groups is 1. The standard InChI is InChI=1S/C17H26N4O/c1-12(13(2)18)17(22)19-15-6-5-14-7-8-21(16(14)11-15)10-9-20(3)4/h5-8,11-13H,9-10,18H2,1-4H3,(H,19,22). The number of hydrogen-bond acceptors (Lipinski definition) is 3. The zero-order chi connectivity index (χ0) is 16.3. The summed E-state index contributed by atoms with van der Waals surface area (Å²) >= 11 is 0. The summed E-state index contributed by atoms with van der Waals surface area (Å²) in [4.78, 5) is 14.3. The van der Waals surface area contributed by atoms with E-state index in [1.54, 1.807) is 0 Å². The van der Waals surface area contributed by atoms with Gasteiger partial charge in [0.2, 0.25) is 5.91 Å². The smallest absolute Gasteiger partial charge is 0.228 e. The largest absolute Gasteiger partial charge is 0.346 e. The number of aromatic nitrogens is 1. The molecule has 0 radical (unpaired) electrons. The molecule has 2 atom stereocenters. The summed E-state index contributed by atoms with van der Waals surface area (Å²) in [7, 11) is 4.12. The predicted molar refractivity (Wildman–Crippen MR) is 91.9 cm³/mol.